The molecule has 2 heteroatoms. The van der Waals surface area contributed by atoms with Crippen LogP contribution < -0.4 is 5.32 Å². The summed E-state index contributed by atoms with van der Waals surface area (Å²) in [5.41, 5.74) is 0. The molecule has 0 heterocycles. The van der Waals surface area contributed by atoms with Crippen LogP contribution in [0.15, 0.2) is 0 Å². The summed E-state index contributed by atoms with van der Waals surface area (Å²) in [7, 11) is 2.32. The fourth-order valence-corrected chi connectivity index (χ4v) is 3.05. The van der Waals surface area contributed by atoms with Crippen molar-refractivity contribution >= 4 is 0 Å². The average molecular weight is 254 g/mol. The van der Waals surface area contributed by atoms with Crippen LogP contribution in [0.5, 0.6) is 0 Å². The van der Waals surface area contributed by atoms with Gasteiger partial charge < -0.3 is 5.32 Å². The standard InChI is InChI=1S/C16H34N2/c1-6-15-7-9-16(10-8-15)18(5)14(4)12-17-11-13(2)3/h13-17H,6-12H2,1-5H3. The fraction of sp³-hybridized carbons (Fsp3) is 1.00. The first-order chi connectivity index (χ1) is 8.54. The molecule has 0 aliphatic heterocycles. The second-order valence-electron chi connectivity index (χ2n) is 6.65. The Morgan fingerprint density at radius 2 is 1.67 bits per heavy atom. The number of nitrogens with zero attached hydrogens (tertiary/aromatic N) is 1. The Kier molecular flexibility index (Phi) is 7.25. The topological polar surface area (TPSA) is 15.3 Å². The average Bonchev–Trinajstić information content (AvgIpc) is 2.37. The molecular formula is C16H34N2. The van der Waals surface area contributed by atoms with Gasteiger partial charge in [0.05, 0.1) is 0 Å². The molecule has 1 atom stereocenters. The van der Waals surface area contributed by atoms with Crippen molar-refractivity contribution < 1.29 is 0 Å². The van der Waals surface area contributed by atoms with Crippen molar-refractivity contribution in [2.45, 2.75) is 71.9 Å². The third-order valence-corrected chi connectivity index (χ3v) is 4.66. The molecule has 1 N–H and O–H groups in total. The summed E-state index contributed by atoms with van der Waals surface area (Å²) in [5, 5.41) is 3.58. The smallest absolute Gasteiger partial charge is 0.0192 e. The van der Waals surface area contributed by atoms with Gasteiger partial charge in [-0.15, -0.1) is 0 Å². The monoisotopic (exact) mass is 254 g/mol. The molecule has 0 spiro atoms. The summed E-state index contributed by atoms with van der Waals surface area (Å²) in [5.74, 6) is 1.76. The van der Waals surface area contributed by atoms with E-state index in [1.165, 1.54) is 32.1 Å². The zero-order valence-electron chi connectivity index (χ0n) is 13.2. The van der Waals surface area contributed by atoms with Crippen LogP contribution in [0.1, 0.15) is 59.8 Å². The number of likely N-dealkylation sites (N-methyl/N-ethyl adjacent to an activating group) is 1. The zero-order chi connectivity index (χ0) is 13.5. The van der Waals surface area contributed by atoms with Gasteiger partial charge in [-0.2, -0.15) is 0 Å². The lowest BCUT2D eigenvalue weighted by Gasteiger charge is -2.38. The first-order valence-corrected chi connectivity index (χ1v) is 7.97. The lowest BCUT2D eigenvalue weighted by atomic mass is 9.84. The third kappa shape index (κ3) is 5.27. The van der Waals surface area contributed by atoms with E-state index in [4.69, 9.17) is 0 Å². The van der Waals surface area contributed by atoms with E-state index in [9.17, 15) is 0 Å². The highest BCUT2D eigenvalue weighted by molar-refractivity contribution is 4.81. The molecule has 1 aliphatic carbocycles. The van der Waals surface area contributed by atoms with Crippen molar-refractivity contribution in [1.29, 1.82) is 0 Å². The summed E-state index contributed by atoms with van der Waals surface area (Å²) < 4.78 is 0. The second-order valence-corrected chi connectivity index (χ2v) is 6.65. The van der Waals surface area contributed by atoms with E-state index >= 15 is 0 Å². The summed E-state index contributed by atoms with van der Waals surface area (Å²) in [6.07, 6.45) is 7.07. The molecule has 0 bridgehead atoms. The molecular weight excluding hydrogens is 220 g/mol. The molecule has 2 nitrogen and oxygen atoms in total. The zero-order valence-corrected chi connectivity index (χ0v) is 13.2. The lowest BCUT2D eigenvalue weighted by Crippen LogP contribution is -2.45. The molecule has 0 saturated heterocycles. The van der Waals surface area contributed by atoms with E-state index in [-0.39, 0.29) is 0 Å². The van der Waals surface area contributed by atoms with Gasteiger partial charge >= 0.3 is 0 Å². The molecule has 0 radical (unpaired) electrons. The van der Waals surface area contributed by atoms with Crippen LogP contribution in [0, 0.1) is 11.8 Å². The van der Waals surface area contributed by atoms with Gasteiger partial charge in [0.1, 0.15) is 0 Å². The van der Waals surface area contributed by atoms with Crippen LogP contribution >= 0.6 is 0 Å². The molecule has 0 aromatic heterocycles. The number of hydrogen-bond donors (Lipinski definition) is 1. The Bertz CT molecular complexity index is 207. The molecule has 1 fully saturated rings. The quantitative estimate of drug-likeness (QED) is 0.748. The van der Waals surface area contributed by atoms with E-state index in [0.29, 0.717) is 6.04 Å². The van der Waals surface area contributed by atoms with Crippen LogP contribution in [0.4, 0.5) is 0 Å². The molecule has 1 aliphatic rings. The van der Waals surface area contributed by atoms with Crippen molar-refractivity contribution in [3.05, 3.63) is 0 Å². The summed E-state index contributed by atoms with van der Waals surface area (Å²) in [4.78, 5) is 2.61. The highest BCUT2D eigenvalue weighted by atomic mass is 15.2. The van der Waals surface area contributed by atoms with Gasteiger partial charge in [0.25, 0.3) is 0 Å². The fourth-order valence-electron chi connectivity index (χ4n) is 3.05. The van der Waals surface area contributed by atoms with Gasteiger partial charge in [0, 0.05) is 18.6 Å². The maximum Gasteiger partial charge on any atom is 0.0192 e. The maximum atomic E-state index is 3.58. The molecule has 1 rings (SSSR count). The van der Waals surface area contributed by atoms with Gasteiger partial charge in [-0.25, -0.2) is 0 Å². The number of hydrogen-bond acceptors (Lipinski definition) is 2. The minimum Gasteiger partial charge on any atom is -0.315 e. The SMILES string of the molecule is CCC1CCC(N(C)C(C)CNCC(C)C)CC1. The summed E-state index contributed by atoms with van der Waals surface area (Å²) >= 11 is 0. The first kappa shape index (κ1) is 16.0. The van der Waals surface area contributed by atoms with Crippen LogP contribution in [0.2, 0.25) is 0 Å². The highest BCUT2D eigenvalue weighted by Crippen LogP contribution is 2.29. The van der Waals surface area contributed by atoms with Crippen LogP contribution in [0.3, 0.4) is 0 Å². The van der Waals surface area contributed by atoms with E-state index < -0.39 is 0 Å². The molecule has 0 aromatic carbocycles. The van der Waals surface area contributed by atoms with Gasteiger partial charge in [0.15, 0.2) is 0 Å². The van der Waals surface area contributed by atoms with Crippen LogP contribution in [-0.4, -0.2) is 37.1 Å². The first-order valence-electron chi connectivity index (χ1n) is 7.97. The molecule has 1 unspecified atom stereocenters. The van der Waals surface area contributed by atoms with Crippen molar-refractivity contribution in [3.8, 4) is 0 Å². The summed E-state index contributed by atoms with van der Waals surface area (Å²) in [6.45, 7) is 11.5. The summed E-state index contributed by atoms with van der Waals surface area (Å²) in [6, 6.07) is 1.48. The van der Waals surface area contributed by atoms with Crippen molar-refractivity contribution in [2.75, 3.05) is 20.1 Å². The predicted octanol–water partition coefficient (Wildman–Crippen LogP) is 3.52. The van der Waals surface area contributed by atoms with Gasteiger partial charge in [0.2, 0.25) is 0 Å². The molecule has 1 saturated carbocycles. The minimum absolute atomic E-state index is 0.659. The Labute approximate surface area is 115 Å². The minimum atomic E-state index is 0.659. The Morgan fingerprint density at radius 1 is 1.06 bits per heavy atom. The van der Waals surface area contributed by atoms with E-state index in [0.717, 1.165) is 31.0 Å². The van der Waals surface area contributed by atoms with E-state index in [1.54, 1.807) is 0 Å². The van der Waals surface area contributed by atoms with Gasteiger partial charge in [-0.05, 0) is 58.0 Å². The number of rotatable bonds is 7. The highest BCUT2D eigenvalue weighted by Gasteiger charge is 2.25. The molecule has 18 heavy (non-hydrogen) atoms. The Morgan fingerprint density at radius 3 is 2.17 bits per heavy atom. The van der Waals surface area contributed by atoms with E-state index in [2.05, 4.69) is 45.0 Å². The van der Waals surface area contributed by atoms with Crippen LogP contribution in [0.25, 0.3) is 0 Å². The van der Waals surface area contributed by atoms with Crippen molar-refractivity contribution in [3.63, 3.8) is 0 Å². The largest absolute Gasteiger partial charge is 0.315 e. The lowest BCUT2D eigenvalue weighted by molar-refractivity contribution is 0.125. The van der Waals surface area contributed by atoms with Crippen LogP contribution in [-0.2, 0) is 0 Å². The molecule has 0 aromatic rings. The maximum absolute atomic E-state index is 3.58. The normalized spacial score (nSPS) is 26.8. The molecule has 0 amide bonds. The third-order valence-electron chi connectivity index (χ3n) is 4.66. The van der Waals surface area contributed by atoms with E-state index in [1.807, 2.05) is 0 Å². The molecule has 108 valence electrons. The van der Waals surface area contributed by atoms with Gasteiger partial charge in [-0.1, -0.05) is 27.2 Å². The van der Waals surface area contributed by atoms with Crippen molar-refractivity contribution in [2.24, 2.45) is 11.8 Å². The number of nitrogens with one attached hydrogen (secondary N) is 1. The predicted molar refractivity (Wildman–Crippen MR) is 81.0 cm³/mol. The van der Waals surface area contributed by atoms with Crippen molar-refractivity contribution in [1.82, 2.24) is 10.2 Å². The Hall–Kier alpha value is -0.0800. The van der Waals surface area contributed by atoms with Gasteiger partial charge in [-0.3, -0.25) is 4.90 Å². The second kappa shape index (κ2) is 8.16. The Balaban J connectivity index is 2.24.